The zero-order valence-corrected chi connectivity index (χ0v) is 20.0. The van der Waals surface area contributed by atoms with Gasteiger partial charge in [0, 0.05) is 38.3 Å². The molecule has 178 valence electrons. The fourth-order valence-electron chi connectivity index (χ4n) is 2.85. The second kappa shape index (κ2) is 14.5. The molecule has 0 aliphatic carbocycles. The summed E-state index contributed by atoms with van der Waals surface area (Å²) in [4.78, 5) is 60.7. The van der Waals surface area contributed by atoms with Gasteiger partial charge in [0.05, 0.1) is 6.04 Å². The van der Waals surface area contributed by atoms with E-state index in [9.17, 15) is 24.0 Å². The van der Waals surface area contributed by atoms with Crippen LogP contribution < -0.4 is 21.3 Å². The number of urea groups is 1. The van der Waals surface area contributed by atoms with Gasteiger partial charge in [-0.05, 0) is 18.8 Å². The third kappa shape index (κ3) is 11.5. The molecule has 0 radical (unpaired) electrons. The Hall–Kier alpha value is -2.45. The highest BCUT2D eigenvalue weighted by atomic mass is 16.2. The van der Waals surface area contributed by atoms with Crippen LogP contribution in [0.2, 0.25) is 0 Å². The predicted octanol–water partition coefficient (Wildman–Crippen LogP) is 1.55. The summed E-state index contributed by atoms with van der Waals surface area (Å²) in [6, 6.07) is -1.83. The number of ketones is 2. The minimum absolute atomic E-state index is 0.00587. The summed E-state index contributed by atoms with van der Waals surface area (Å²) < 4.78 is 0. The zero-order valence-electron chi connectivity index (χ0n) is 20.0. The number of Topliss-reactive ketones (excluding diaryl/α,β-unsaturated/α-hetero) is 2. The topological polar surface area (TPSA) is 133 Å². The van der Waals surface area contributed by atoms with Gasteiger partial charge in [-0.2, -0.15) is 0 Å². The minimum atomic E-state index is -0.812. The van der Waals surface area contributed by atoms with Gasteiger partial charge in [0.1, 0.15) is 11.8 Å². The van der Waals surface area contributed by atoms with Crippen LogP contribution in [0.15, 0.2) is 0 Å². The monoisotopic (exact) mass is 440 g/mol. The molecular weight excluding hydrogens is 400 g/mol. The maximum atomic E-state index is 12.9. The van der Waals surface area contributed by atoms with Crippen LogP contribution in [0.1, 0.15) is 67.2 Å². The van der Waals surface area contributed by atoms with Crippen molar-refractivity contribution in [2.24, 2.45) is 17.8 Å². The number of rotatable bonds is 14. The summed E-state index contributed by atoms with van der Waals surface area (Å²) in [5.41, 5.74) is 0. The lowest BCUT2D eigenvalue weighted by Gasteiger charge is -2.26. The highest BCUT2D eigenvalue weighted by Gasteiger charge is 2.29. The highest BCUT2D eigenvalue weighted by Crippen LogP contribution is 2.10. The normalized spacial score (nSPS) is 13.0. The van der Waals surface area contributed by atoms with Gasteiger partial charge in [-0.15, -0.1) is 0 Å². The molecule has 0 rings (SSSR count). The van der Waals surface area contributed by atoms with Crippen LogP contribution in [0.25, 0.3) is 0 Å². The molecule has 0 saturated heterocycles. The Morgan fingerprint density at radius 1 is 0.806 bits per heavy atom. The van der Waals surface area contributed by atoms with Crippen molar-refractivity contribution in [1.82, 2.24) is 21.3 Å². The molecular formula is C22H40N4O5. The van der Waals surface area contributed by atoms with E-state index in [-0.39, 0.29) is 54.1 Å². The van der Waals surface area contributed by atoms with Crippen molar-refractivity contribution in [3.05, 3.63) is 0 Å². The lowest BCUT2D eigenvalue weighted by molar-refractivity contribution is -0.133. The number of nitrogens with one attached hydrogen (secondary N) is 4. The van der Waals surface area contributed by atoms with E-state index in [1.54, 1.807) is 41.5 Å². The number of hydrogen-bond acceptors (Lipinski definition) is 5. The molecule has 9 heteroatoms. The first kappa shape index (κ1) is 28.5. The van der Waals surface area contributed by atoms with E-state index in [1.807, 2.05) is 0 Å². The molecule has 0 aromatic rings. The van der Waals surface area contributed by atoms with Gasteiger partial charge in [-0.1, -0.05) is 41.5 Å². The molecule has 4 amide bonds. The summed E-state index contributed by atoms with van der Waals surface area (Å²) in [6.45, 7) is 11.1. The minimum Gasteiger partial charge on any atom is -0.344 e. The molecule has 0 heterocycles. The largest absolute Gasteiger partial charge is 0.344 e. The van der Waals surface area contributed by atoms with Crippen LogP contribution in [-0.4, -0.2) is 55.1 Å². The smallest absolute Gasteiger partial charge is 0.314 e. The summed E-state index contributed by atoms with van der Waals surface area (Å²) in [7, 11) is 1.51. The Morgan fingerprint density at radius 2 is 1.42 bits per heavy atom. The summed E-state index contributed by atoms with van der Waals surface area (Å²) >= 11 is 0. The fourth-order valence-corrected chi connectivity index (χ4v) is 2.85. The number of carbonyl (C=O) groups is 5. The second-order valence-electron chi connectivity index (χ2n) is 8.68. The van der Waals surface area contributed by atoms with Crippen molar-refractivity contribution in [2.75, 3.05) is 13.6 Å². The molecule has 1 unspecified atom stereocenters. The van der Waals surface area contributed by atoms with Crippen LogP contribution in [0.4, 0.5) is 4.79 Å². The molecule has 0 fully saturated rings. The summed E-state index contributed by atoms with van der Waals surface area (Å²) in [5.74, 6) is -1.53. The quantitative estimate of drug-likeness (QED) is 0.304. The second-order valence-corrected chi connectivity index (χ2v) is 8.68. The predicted molar refractivity (Wildman–Crippen MR) is 119 cm³/mol. The van der Waals surface area contributed by atoms with Gasteiger partial charge in [-0.3, -0.25) is 19.2 Å². The van der Waals surface area contributed by atoms with Gasteiger partial charge < -0.3 is 21.3 Å². The van der Waals surface area contributed by atoms with E-state index in [1.165, 1.54) is 7.05 Å². The zero-order chi connectivity index (χ0) is 24.1. The average Bonchev–Trinajstić information content (AvgIpc) is 2.70. The van der Waals surface area contributed by atoms with Crippen molar-refractivity contribution >= 4 is 29.4 Å². The average molecular weight is 441 g/mol. The number of hydrogen-bond donors (Lipinski definition) is 4. The van der Waals surface area contributed by atoms with Crippen LogP contribution >= 0.6 is 0 Å². The van der Waals surface area contributed by atoms with Crippen molar-refractivity contribution in [3.8, 4) is 0 Å². The fraction of sp³-hybridized carbons (Fsp3) is 0.773. The SMILES string of the molecule is CNC(=O)NCCC[C@H](NC(=O)C(NC(=O)CCC(=O)C(C)C)C(C)C)C(=O)C(C)C. The van der Waals surface area contributed by atoms with Gasteiger partial charge in [0.15, 0.2) is 5.78 Å². The summed E-state index contributed by atoms with van der Waals surface area (Å²) in [6.07, 6.45) is 1.02. The molecule has 0 aromatic carbocycles. The first-order valence-corrected chi connectivity index (χ1v) is 11.0. The molecule has 0 aliphatic rings. The summed E-state index contributed by atoms with van der Waals surface area (Å²) in [5, 5.41) is 10.6. The van der Waals surface area contributed by atoms with Crippen molar-refractivity contribution in [2.45, 2.75) is 79.3 Å². The van der Waals surface area contributed by atoms with E-state index < -0.39 is 18.0 Å². The molecule has 31 heavy (non-hydrogen) atoms. The highest BCUT2D eigenvalue weighted by molar-refractivity contribution is 5.94. The number of amides is 4. The standard InChI is InChI=1S/C22H40N4O5/c1-13(2)17(27)10-11-18(28)26-19(14(3)4)21(30)25-16(20(29)15(5)6)9-8-12-24-22(31)23-7/h13-16,19H,8-12H2,1-7H3,(H,25,30)(H,26,28)(H2,23,24,31)/t16-,19?/m0/s1. The number of carbonyl (C=O) groups excluding carboxylic acids is 5. The molecule has 9 nitrogen and oxygen atoms in total. The van der Waals surface area contributed by atoms with Crippen LogP contribution in [0, 0.1) is 17.8 Å². The molecule has 0 aromatic heterocycles. The molecule has 2 atom stereocenters. The molecule has 0 saturated carbocycles. The Morgan fingerprint density at radius 3 is 1.90 bits per heavy atom. The van der Waals surface area contributed by atoms with E-state index in [0.29, 0.717) is 19.4 Å². The Labute approximate surface area is 185 Å². The molecule has 4 N–H and O–H groups in total. The lowest BCUT2D eigenvalue weighted by atomic mass is 9.96. The third-order valence-electron chi connectivity index (χ3n) is 4.92. The first-order valence-electron chi connectivity index (χ1n) is 11.0. The van der Waals surface area contributed by atoms with Gasteiger partial charge in [0.25, 0.3) is 0 Å². The van der Waals surface area contributed by atoms with Crippen LogP contribution in [0.3, 0.4) is 0 Å². The van der Waals surface area contributed by atoms with Crippen molar-refractivity contribution in [1.29, 1.82) is 0 Å². The van der Waals surface area contributed by atoms with E-state index >= 15 is 0 Å². The first-order chi connectivity index (χ1) is 14.4. The Bertz CT molecular complexity index is 631. The van der Waals surface area contributed by atoms with Crippen molar-refractivity contribution < 1.29 is 24.0 Å². The van der Waals surface area contributed by atoms with Gasteiger partial charge >= 0.3 is 6.03 Å². The maximum Gasteiger partial charge on any atom is 0.314 e. The van der Waals surface area contributed by atoms with Gasteiger partial charge in [-0.25, -0.2) is 4.79 Å². The van der Waals surface area contributed by atoms with Crippen LogP contribution in [-0.2, 0) is 19.2 Å². The Kier molecular flexibility index (Phi) is 13.4. The van der Waals surface area contributed by atoms with E-state index in [0.717, 1.165) is 0 Å². The van der Waals surface area contributed by atoms with Crippen molar-refractivity contribution in [3.63, 3.8) is 0 Å². The Balaban J connectivity index is 5.00. The lowest BCUT2D eigenvalue weighted by Crippen LogP contribution is -2.54. The van der Waals surface area contributed by atoms with Gasteiger partial charge in [0.2, 0.25) is 11.8 Å². The third-order valence-corrected chi connectivity index (χ3v) is 4.92. The molecule has 0 bridgehead atoms. The van der Waals surface area contributed by atoms with E-state index in [4.69, 9.17) is 0 Å². The molecule has 0 aliphatic heterocycles. The molecule has 0 spiro atoms. The maximum absolute atomic E-state index is 12.9. The van der Waals surface area contributed by atoms with Crippen LogP contribution in [0.5, 0.6) is 0 Å². The van der Waals surface area contributed by atoms with E-state index in [2.05, 4.69) is 21.3 Å².